The van der Waals surface area contributed by atoms with Crippen LogP contribution in [0, 0.1) is 11.3 Å². The number of hydrogen-bond acceptors (Lipinski definition) is 5. The van der Waals surface area contributed by atoms with E-state index in [0.29, 0.717) is 17.5 Å². The first-order valence-corrected chi connectivity index (χ1v) is 9.64. The molecule has 0 saturated carbocycles. The van der Waals surface area contributed by atoms with Crippen molar-refractivity contribution in [3.63, 3.8) is 0 Å². The number of nitrogens with zero attached hydrogens (tertiary/aromatic N) is 1. The first-order chi connectivity index (χ1) is 12.8. The number of carbonyl (C=O) groups is 2. The first kappa shape index (κ1) is 20.3. The molecule has 0 unspecified atom stereocenters. The van der Waals surface area contributed by atoms with E-state index in [4.69, 9.17) is 10.4 Å². The molecule has 2 rings (SSSR count). The zero-order chi connectivity index (χ0) is 19.9. The van der Waals surface area contributed by atoms with Gasteiger partial charge in [-0.15, -0.1) is 0 Å². The fourth-order valence-electron chi connectivity index (χ4n) is 2.34. The maximum atomic E-state index is 12.2. The highest BCUT2D eigenvalue weighted by atomic mass is 32.2. The number of nitriles is 1. The summed E-state index contributed by atoms with van der Waals surface area (Å²) < 4.78 is 26.9. The van der Waals surface area contributed by atoms with Crippen LogP contribution in [0.5, 0.6) is 0 Å². The quantitative estimate of drug-likeness (QED) is 0.636. The zero-order valence-corrected chi connectivity index (χ0v) is 15.2. The van der Waals surface area contributed by atoms with Gasteiger partial charge in [0.15, 0.2) is 5.78 Å². The minimum atomic E-state index is -3.66. The third-order valence-corrected chi connectivity index (χ3v) is 5.32. The van der Waals surface area contributed by atoms with Crippen LogP contribution in [-0.2, 0) is 21.2 Å². The third kappa shape index (κ3) is 6.02. The van der Waals surface area contributed by atoms with Crippen LogP contribution in [0.1, 0.15) is 34.3 Å². The van der Waals surface area contributed by atoms with Crippen LogP contribution in [0.4, 0.5) is 0 Å². The average Bonchev–Trinajstić information content (AvgIpc) is 2.66. The molecular formula is C19H18N2O5S. The van der Waals surface area contributed by atoms with Crippen molar-refractivity contribution in [1.82, 2.24) is 4.72 Å². The highest BCUT2D eigenvalue weighted by molar-refractivity contribution is 7.89. The van der Waals surface area contributed by atoms with Gasteiger partial charge in [-0.25, -0.2) is 13.1 Å². The number of Topliss-reactive ketones (excluding diaryl/α,β-unsaturated/α-hetero) is 1. The lowest BCUT2D eigenvalue weighted by Gasteiger charge is -2.07. The van der Waals surface area contributed by atoms with Crippen LogP contribution >= 0.6 is 0 Å². The van der Waals surface area contributed by atoms with Crippen LogP contribution in [-0.4, -0.2) is 31.8 Å². The van der Waals surface area contributed by atoms with Gasteiger partial charge < -0.3 is 5.11 Å². The molecule has 140 valence electrons. The summed E-state index contributed by atoms with van der Waals surface area (Å²) >= 11 is 0. The Morgan fingerprint density at radius 1 is 1.00 bits per heavy atom. The Kier molecular flexibility index (Phi) is 6.82. The highest BCUT2D eigenvalue weighted by Crippen LogP contribution is 2.11. The van der Waals surface area contributed by atoms with Gasteiger partial charge in [0.1, 0.15) is 0 Å². The van der Waals surface area contributed by atoms with Crippen molar-refractivity contribution in [3.05, 3.63) is 65.2 Å². The summed E-state index contributed by atoms with van der Waals surface area (Å²) in [6.07, 6.45) is 0.163. The summed E-state index contributed by atoms with van der Waals surface area (Å²) in [5, 5.41) is 17.3. The molecule has 7 nitrogen and oxygen atoms in total. The van der Waals surface area contributed by atoms with Crippen molar-refractivity contribution in [2.45, 2.75) is 24.2 Å². The zero-order valence-electron chi connectivity index (χ0n) is 14.4. The fourth-order valence-corrected chi connectivity index (χ4v) is 3.38. The number of nitrogens with one attached hydrogen (secondary N) is 1. The van der Waals surface area contributed by atoms with Crippen molar-refractivity contribution >= 4 is 21.8 Å². The van der Waals surface area contributed by atoms with Gasteiger partial charge in [-0.05, 0) is 36.2 Å². The molecule has 8 heteroatoms. The van der Waals surface area contributed by atoms with Crippen molar-refractivity contribution in [3.8, 4) is 6.07 Å². The van der Waals surface area contributed by atoms with Gasteiger partial charge in [-0.3, -0.25) is 9.59 Å². The SMILES string of the molecule is N#Cc1ccc(S(=O)(=O)NCCc2ccc(C(=O)CCC(=O)O)cc2)cc1. The Morgan fingerprint density at radius 3 is 2.19 bits per heavy atom. The fraction of sp³-hybridized carbons (Fsp3) is 0.211. The lowest BCUT2D eigenvalue weighted by molar-refractivity contribution is -0.136. The number of carbonyl (C=O) groups excluding carboxylic acids is 1. The minimum absolute atomic E-state index is 0.0565. The Labute approximate surface area is 157 Å². The van der Waals surface area contributed by atoms with E-state index in [9.17, 15) is 18.0 Å². The monoisotopic (exact) mass is 386 g/mol. The molecule has 0 radical (unpaired) electrons. The number of aliphatic carboxylic acids is 1. The first-order valence-electron chi connectivity index (χ1n) is 8.15. The highest BCUT2D eigenvalue weighted by Gasteiger charge is 2.13. The summed E-state index contributed by atoms with van der Waals surface area (Å²) in [6, 6.07) is 14.2. The largest absolute Gasteiger partial charge is 0.481 e. The topological polar surface area (TPSA) is 124 Å². The molecule has 2 N–H and O–H groups in total. The Bertz CT molecular complexity index is 959. The summed E-state index contributed by atoms with van der Waals surface area (Å²) in [5.41, 5.74) is 1.65. The Hall–Kier alpha value is -3.02. The van der Waals surface area contributed by atoms with E-state index in [1.165, 1.54) is 24.3 Å². The lowest BCUT2D eigenvalue weighted by Crippen LogP contribution is -2.26. The summed E-state index contributed by atoms with van der Waals surface area (Å²) in [7, 11) is -3.66. The smallest absolute Gasteiger partial charge is 0.303 e. The van der Waals surface area contributed by atoms with E-state index in [0.717, 1.165) is 5.56 Å². The van der Waals surface area contributed by atoms with Gasteiger partial charge in [0.2, 0.25) is 10.0 Å². The van der Waals surface area contributed by atoms with E-state index >= 15 is 0 Å². The second kappa shape index (κ2) is 9.07. The molecule has 2 aromatic rings. The molecule has 27 heavy (non-hydrogen) atoms. The lowest BCUT2D eigenvalue weighted by atomic mass is 10.0. The van der Waals surface area contributed by atoms with Crippen molar-refractivity contribution in [2.24, 2.45) is 0 Å². The molecule has 0 amide bonds. The number of carboxylic acids is 1. The molecule has 0 heterocycles. The molecule has 0 saturated heterocycles. The molecule has 0 aliphatic carbocycles. The molecule has 0 aliphatic heterocycles. The number of ketones is 1. The van der Waals surface area contributed by atoms with E-state index in [2.05, 4.69) is 4.72 Å². The molecule has 0 fully saturated rings. The molecule has 0 atom stereocenters. The van der Waals surface area contributed by atoms with Gasteiger partial charge in [0.25, 0.3) is 0 Å². The van der Waals surface area contributed by atoms with Crippen molar-refractivity contribution in [1.29, 1.82) is 5.26 Å². The maximum Gasteiger partial charge on any atom is 0.303 e. The number of hydrogen-bond donors (Lipinski definition) is 2. The average molecular weight is 386 g/mol. The van der Waals surface area contributed by atoms with Crippen LogP contribution in [0.15, 0.2) is 53.4 Å². The van der Waals surface area contributed by atoms with Gasteiger partial charge in [0.05, 0.1) is 22.9 Å². The van der Waals surface area contributed by atoms with E-state index in [1.54, 1.807) is 24.3 Å². The molecule has 2 aromatic carbocycles. The van der Waals surface area contributed by atoms with Gasteiger partial charge >= 0.3 is 5.97 Å². The Balaban J connectivity index is 1.90. The predicted molar refractivity (Wildman–Crippen MR) is 97.7 cm³/mol. The van der Waals surface area contributed by atoms with Crippen molar-refractivity contribution < 1.29 is 23.1 Å². The summed E-state index contributed by atoms with van der Waals surface area (Å²) in [4.78, 5) is 22.4. The molecule has 0 aromatic heterocycles. The van der Waals surface area contributed by atoms with E-state index in [-0.39, 0.29) is 30.1 Å². The molecule has 0 bridgehead atoms. The second-order valence-electron chi connectivity index (χ2n) is 5.80. The van der Waals surface area contributed by atoms with E-state index < -0.39 is 16.0 Å². The van der Waals surface area contributed by atoms with Gasteiger partial charge in [0, 0.05) is 18.5 Å². The normalized spacial score (nSPS) is 10.9. The Morgan fingerprint density at radius 2 is 1.63 bits per heavy atom. The third-order valence-electron chi connectivity index (χ3n) is 3.84. The van der Waals surface area contributed by atoms with Crippen LogP contribution < -0.4 is 4.72 Å². The van der Waals surface area contributed by atoms with Crippen LogP contribution in [0.3, 0.4) is 0 Å². The van der Waals surface area contributed by atoms with Crippen LogP contribution in [0.2, 0.25) is 0 Å². The standard InChI is InChI=1S/C19H18N2O5S/c20-13-15-3-7-17(8-4-15)27(25,26)21-12-11-14-1-5-16(6-2-14)18(22)9-10-19(23)24/h1-8,21H,9-12H2,(H,23,24). The van der Waals surface area contributed by atoms with Crippen LogP contribution in [0.25, 0.3) is 0 Å². The molecule has 0 spiro atoms. The minimum Gasteiger partial charge on any atom is -0.481 e. The molecular weight excluding hydrogens is 368 g/mol. The number of carboxylic acid groups (broad SMARTS) is 1. The maximum absolute atomic E-state index is 12.2. The number of benzene rings is 2. The van der Waals surface area contributed by atoms with Gasteiger partial charge in [-0.1, -0.05) is 24.3 Å². The summed E-state index contributed by atoms with van der Waals surface area (Å²) in [6.45, 7) is 0.175. The summed E-state index contributed by atoms with van der Waals surface area (Å²) in [5.74, 6) is -1.26. The number of sulfonamides is 1. The second-order valence-corrected chi connectivity index (χ2v) is 7.56. The van der Waals surface area contributed by atoms with Gasteiger partial charge in [-0.2, -0.15) is 5.26 Å². The molecule has 0 aliphatic rings. The van der Waals surface area contributed by atoms with Crippen molar-refractivity contribution in [2.75, 3.05) is 6.54 Å². The number of rotatable bonds is 9. The predicted octanol–water partition coefficient (Wildman–Crippen LogP) is 2.13. The van der Waals surface area contributed by atoms with E-state index in [1.807, 2.05) is 6.07 Å².